The zero-order valence-corrected chi connectivity index (χ0v) is 11.7. The number of carbonyl (C=O) groups is 1. The molecule has 1 atom stereocenters. The average Bonchev–Trinajstić information content (AvgIpc) is 2.50. The Balaban J connectivity index is 2.73. The van der Waals surface area contributed by atoms with Crippen molar-refractivity contribution in [2.45, 2.75) is 6.92 Å². The standard InChI is InChI=1S/C13H19N3O4/c1-8(12(14)16-18)7-15-13(17)9-4-5-10(19-2)11(6-9)20-3/h4-6,8,18H,7H2,1-3H3,(H2,14,16)(H,15,17). The normalized spacial score (nSPS) is 12.7. The van der Waals surface area contributed by atoms with Gasteiger partial charge >= 0.3 is 0 Å². The van der Waals surface area contributed by atoms with Crippen LogP contribution < -0.4 is 20.5 Å². The minimum atomic E-state index is -0.274. The van der Waals surface area contributed by atoms with Crippen molar-refractivity contribution in [1.82, 2.24) is 5.32 Å². The number of nitrogens with zero attached hydrogens (tertiary/aromatic N) is 1. The summed E-state index contributed by atoms with van der Waals surface area (Å²) in [5.41, 5.74) is 5.88. The van der Waals surface area contributed by atoms with Crippen LogP contribution in [0, 0.1) is 5.92 Å². The van der Waals surface area contributed by atoms with E-state index in [0.29, 0.717) is 17.1 Å². The van der Waals surface area contributed by atoms with Crippen LogP contribution in [-0.4, -0.2) is 37.7 Å². The highest BCUT2D eigenvalue weighted by atomic mass is 16.5. The van der Waals surface area contributed by atoms with Gasteiger partial charge in [-0.15, -0.1) is 0 Å². The molecule has 0 saturated heterocycles. The molecule has 0 spiro atoms. The largest absolute Gasteiger partial charge is 0.493 e. The van der Waals surface area contributed by atoms with E-state index in [0.717, 1.165) is 0 Å². The highest BCUT2D eigenvalue weighted by Gasteiger charge is 2.13. The molecule has 1 aromatic rings. The van der Waals surface area contributed by atoms with E-state index in [-0.39, 0.29) is 24.2 Å². The molecule has 0 heterocycles. The second-order valence-electron chi connectivity index (χ2n) is 4.21. The lowest BCUT2D eigenvalue weighted by Gasteiger charge is -2.12. The number of amides is 1. The van der Waals surface area contributed by atoms with Gasteiger partial charge in [0.25, 0.3) is 5.91 Å². The van der Waals surface area contributed by atoms with Crippen LogP contribution in [0.1, 0.15) is 17.3 Å². The Hall–Kier alpha value is -2.44. The van der Waals surface area contributed by atoms with Gasteiger partial charge in [-0.05, 0) is 18.2 Å². The molecule has 1 amide bonds. The second kappa shape index (κ2) is 7.22. The first-order valence-electron chi connectivity index (χ1n) is 6.01. The maximum absolute atomic E-state index is 12.0. The van der Waals surface area contributed by atoms with Crippen LogP contribution in [-0.2, 0) is 0 Å². The van der Waals surface area contributed by atoms with Crippen LogP contribution in [0.5, 0.6) is 11.5 Å². The van der Waals surface area contributed by atoms with Gasteiger partial charge in [0.1, 0.15) is 5.84 Å². The van der Waals surface area contributed by atoms with E-state index in [1.807, 2.05) is 0 Å². The highest BCUT2D eigenvalue weighted by molar-refractivity contribution is 5.95. The summed E-state index contributed by atoms with van der Waals surface area (Å²) in [6.45, 7) is 2.01. The van der Waals surface area contributed by atoms with Crippen molar-refractivity contribution in [2.24, 2.45) is 16.8 Å². The number of nitrogens with two attached hydrogens (primary N) is 1. The number of ether oxygens (including phenoxy) is 2. The fourth-order valence-electron chi connectivity index (χ4n) is 1.53. The number of oxime groups is 1. The Bertz CT molecular complexity index is 502. The fraction of sp³-hybridized carbons (Fsp3) is 0.385. The number of benzene rings is 1. The molecule has 0 aliphatic carbocycles. The van der Waals surface area contributed by atoms with Crippen molar-refractivity contribution in [3.8, 4) is 11.5 Å². The molecule has 0 aromatic heterocycles. The quantitative estimate of drug-likeness (QED) is 0.310. The SMILES string of the molecule is COc1ccc(C(=O)NCC(C)C(N)=NO)cc1OC. The van der Waals surface area contributed by atoms with Gasteiger partial charge in [0.15, 0.2) is 11.5 Å². The second-order valence-corrected chi connectivity index (χ2v) is 4.21. The maximum atomic E-state index is 12.0. The summed E-state index contributed by atoms with van der Waals surface area (Å²) < 4.78 is 10.2. The van der Waals surface area contributed by atoms with Crippen LogP contribution in [0.3, 0.4) is 0 Å². The average molecular weight is 281 g/mol. The van der Waals surface area contributed by atoms with Gasteiger partial charge in [0.05, 0.1) is 14.2 Å². The molecular weight excluding hydrogens is 262 g/mol. The Morgan fingerprint density at radius 2 is 2.05 bits per heavy atom. The molecule has 7 nitrogen and oxygen atoms in total. The topological polar surface area (TPSA) is 106 Å². The monoisotopic (exact) mass is 281 g/mol. The number of nitrogens with one attached hydrogen (secondary N) is 1. The highest BCUT2D eigenvalue weighted by Crippen LogP contribution is 2.27. The summed E-state index contributed by atoms with van der Waals surface area (Å²) in [6, 6.07) is 4.87. The van der Waals surface area contributed by atoms with Crippen molar-refractivity contribution in [3.05, 3.63) is 23.8 Å². The number of hydrogen-bond acceptors (Lipinski definition) is 5. The lowest BCUT2D eigenvalue weighted by molar-refractivity contribution is 0.0950. The molecule has 0 bridgehead atoms. The molecule has 0 aliphatic heterocycles. The van der Waals surface area contributed by atoms with Gasteiger partial charge in [-0.1, -0.05) is 12.1 Å². The smallest absolute Gasteiger partial charge is 0.251 e. The lowest BCUT2D eigenvalue weighted by Crippen LogP contribution is -2.34. The van der Waals surface area contributed by atoms with Crippen molar-refractivity contribution >= 4 is 11.7 Å². The molecule has 1 unspecified atom stereocenters. The number of amidine groups is 1. The zero-order valence-electron chi connectivity index (χ0n) is 11.7. The number of carbonyl (C=O) groups excluding carboxylic acids is 1. The summed E-state index contributed by atoms with van der Waals surface area (Å²) in [5.74, 6) is 0.559. The van der Waals surface area contributed by atoms with Gasteiger partial charge in [-0.25, -0.2) is 0 Å². The molecule has 20 heavy (non-hydrogen) atoms. The van der Waals surface area contributed by atoms with Crippen molar-refractivity contribution in [3.63, 3.8) is 0 Å². The van der Waals surface area contributed by atoms with Gasteiger partial charge in [0.2, 0.25) is 0 Å². The summed E-state index contributed by atoms with van der Waals surface area (Å²) in [4.78, 5) is 12.0. The summed E-state index contributed by atoms with van der Waals surface area (Å²) in [6.07, 6.45) is 0. The Labute approximate surface area is 117 Å². The van der Waals surface area contributed by atoms with Gasteiger partial charge in [-0.2, -0.15) is 0 Å². The van der Waals surface area contributed by atoms with Crippen LogP contribution in [0.4, 0.5) is 0 Å². The molecular formula is C13H19N3O4. The Morgan fingerprint density at radius 1 is 1.40 bits per heavy atom. The molecule has 0 radical (unpaired) electrons. The predicted molar refractivity (Wildman–Crippen MR) is 74.5 cm³/mol. The van der Waals surface area contributed by atoms with Crippen molar-refractivity contribution < 1.29 is 19.5 Å². The van der Waals surface area contributed by atoms with Crippen LogP contribution in [0.15, 0.2) is 23.4 Å². The lowest BCUT2D eigenvalue weighted by atomic mass is 10.1. The summed E-state index contributed by atoms with van der Waals surface area (Å²) >= 11 is 0. The van der Waals surface area contributed by atoms with E-state index in [2.05, 4.69) is 10.5 Å². The summed E-state index contributed by atoms with van der Waals surface area (Å²) in [7, 11) is 3.02. The third-order valence-corrected chi connectivity index (χ3v) is 2.83. The van der Waals surface area contributed by atoms with Crippen LogP contribution in [0.2, 0.25) is 0 Å². The van der Waals surface area contributed by atoms with Crippen LogP contribution >= 0.6 is 0 Å². The van der Waals surface area contributed by atoms with Gasteiger partial charge < -0.3 is 25.7 Å². The molecule has 1 aromatic carbocycles. The van der Waals surface area contributed by atoms with Crippen molar-refractivity contribution in [1.29, 1.82) is 0 Å². The molecule has 4 N–H and O–H groups in total. The number of hydrogen-bond donors (Lipinski definition) is 3. The third kappa shape index (κ3) is 3.78. The van der Waals surface area contributed by atoms with E-state index in [9.17, 15) is 4.79 Å². The van der Waals surface area contributed by atoms with Crippen molar-refractivity contribution in [2.75, 3.05) is 20.8 Å². The molecule has 7 heteroatoms. The summed E-state index contributed by atoms with van der Waals surface area (Å²) in [5, 5.41) is 14.1. The first-order chi connectivity index (χ1) is 9.53. The Morgan fingerprint density at radius 3 is 2.60 bits per heavy atom. The molecule has 0 saturated carbocycles. The predicted octanol–water partition coefficient (Wildman–Crippen LogP) is 0.816. The molecule has 1 rings (SSSR count). The fourth-order valence-corrected chi connectivity index (χ4v) is 1.53. The molecule has 0 fully saturated rings. The minimum Gasteiger partial charge on any atom is -0.493 e. The van der Waals surface area contributed by atoms with E-state index in [1.165, 1.54) is 14.2 Å². The van der Waals surface area contributed by atoms with Gasteiger partial charge in [-0.3, -0.25) is 4.79 Å². The van der Waals surface area contributed by atoms with E-state index < -0.39 is 0 Å². The Kier molecular flexibility index (Phi) is 5.64. The third-order valence-electron chi connectivity index (χ3n) is 2.83. The molecule has 0 aliphatic rings. The first-order valence-corrected chi connectivity index (χ1v) is 6.01. The molecule has 110 valence electrons. The maximum Gasteiger partial charge on any atom is 0.251 e. The van der Waals surface area contributed by atoms with E-state index >= 15 is 0 Å². The van der Waals surface area contributed by atoms with Crippen LogP contribution in [0.25, 0.3) is 0 Å². The zero-order chi connectivity index (χ0) is 15.1. The van der Waals surface area contributed by atoms with E-state index in [1.54, 1.807) is 25.1 Å². The van der Waals surface area contributed by atoms with Gasteiger partial charge in [0, 0.05) is 18.0 Å². The number of methoxy groups -OCH3 is 2. The van der Waals surface area contributed by atoms with E-state index in [4.69, 9.17) is 20.4 Å². The minimum absolute atomic E-state index is 0.0672. The number of rotatable bonds is 6. The first kappa shape index (κ1) is 15.6.